The van der Waals surface area contributed by atoms with Crippen molar-refractivity contribution in [3.63, 3.8) is 0 Å². The third-order valence-corrected chi connectivity index (χ3v) is 1.93. The van der Waals surface area contributed by atoms with E-state index in [2.05, 4.69) is 27.1 Å². The van der Waals surface area contributed by atoms with E-state index < -0.39 is 0 Å². The molecular formula is C10H9ClN4. The summed E-state index contributed by atoms with van der Waals surface area (Å²) in [6.45, 7) is 3.99. The maximum Gasteiger partial charge on any atom is 0.243 e. The van der Waals surface area contributed by atoms with E-state index in [1.807, 2.05) is 24.3 Å². The summed E-state index contributed by atoms with van der Waals surface area (Å²) in [5, 5.41) is 11.3. The number of benzene rings is 1. The minimum atomic E-state index is 0.432. The summed E-state index contributed by atoms with van der Waals surface area (Å²) in [6, 6.07) is 7.54. The van der Waals surface area contributed by atoms with E-state index in [1.165, 1.54) is 0 Å². The standard InChI is InChI=1S/C10H9ClN4/c1-7(11)6-12-10-13-8-4-2-3-5-9(8)14-15-10/h2-5H,1,6H2,(H,12,13,15). The van der Waals surface area contributed by atoms with Gasteiger partial charge >= 0.3 is 0 Å². The summed E-state index contributed by atoms with van der Waals surface area (Å²) in [5.41, 5.74) is 1.57. The number of halogens is 1. The molecule has 0 aliphatic rings. The smallest absolute Gasteiger partial charge is 0.243 e. The molecule has 76 valence electrons. The normalized spacial score (nSPS) is 10.2. The third-order valence-electron chi connectivity index (χ3n) is 1.80. The largest absolute Gasteiger partial charge is 0.348 e. The number of hydrogen-bond acceptors (Lipinski definition) is 4. The average Bonchev–Trinajstić information content (AvgIpc) is 2.26. The lowest BCUT2D eigenvalue weighted by atomic mass is 10.3. The van der Waals surface area contributed by atoms with Crippen LogP contribution in [0.4, 0.5) is 5.95 Å². The highest BCUT2D eigenvalue weighted by atomic mass is 35.5. The molecule has 0 aliphatic carbocycles. The van der Waals surface area contributed by atoms with Gasteiger partial charge in [0.1, 0.15) is 5.52 Å². The highest BCUT2D eigenvalue weighted by molar-refractivity contribution is 6.29. The summed E-state index contributed by atoms with van der Waals surface area (Å²) in [6.07, 6.45) is 0. The molecule has 2 rings (SSSR count). The van der Waals surface area contributed by atoms with Crippen molar-refractivity contribution in [2.75, 3.05) is 11.9 Å². The summed E-state index contributed by atoms with van der Waals surface area (Å²) < 4.78 is 0. The number of fused-ring (bicyclic) bond motifs is 1. The summed E-state index contributed by atoms with van der Waals surface area (Å²) in [7, 11) is 0. The molecule has 15 heavy (non-hydrogen) atoms. The van der Waals surface area contributed by atoms with Gasteiger partial charge in [0, 0.05) is 5.03 Å². The van der Waals surface area contributed by atoms with Gasteiger partial charge in [0.2, 0.25) is 5.95 Å². The molecule has 0 spiro atoms. The van der Waals surface area contributed by atoms with Crippen molar-refractivity contribution in [2.45, 2.75) is 0 Å². The van der Waals surface area contributed by atoms with Gasteiger partial charge in [0.25, 0.3) is 0 Å². The van der Waals surface area contributed by atoms with Crippen LogP contribution in [0, 0.1) is 0 Å². The van der Waals surface area contributed by atoms with Gasteiger partial charge in [-0.2, -0.15) is 0 Å². The molecule has 0 atom stereocenters. The molecule has 0 radical (unpaired) electrons. The van der Waals surface area contributed by atoms with Crippen molar-refractivity contribution in [1.29, 1.82) is 0 Å². The molecule has 0 fully saturated rings. The van der Waals surface area contributed by atoms with Crippen molar-refractivity contribution >= 4 is 28.6 Å². The van der Waals surface area contributed by atoms with Gasteiger partial charge in [-0.25, -0.2) is 4.98 Å². The first kappa shape index (κ1) is 9.86. The van der Waals surface area contributed by atoms with Crippen LogP contribution in [0.15, 0.2) is 35.9 Å². The van der Waals surface area contributed by atoms with E-state index in [-0.39, 0.29) is 0 Å². The quantitative estimate of drug-likeness (QED) is 0.862. The van der Waals surface area contributed by atoms with Crippen molar-refractivity contribution in [3.8, 4) is 0 Å². The summed E-state index contributed by atoms with van der Waals surface area (Å²) >= 11 is 5.61. The number of aromatic nitrogens is 3. The Labute approximate surface area is 92.0 Å². The summed E-state index contributed by atoms with van der Waals surface area (Å²) in [5.74, 6) is 0.454. The van der Waals surface area contributed by atoms with Gasteiger partial charge in [-0.3, -0.25) is 0 Å². The van der Waals surface area contributed by atoms with Gasteiger partial charge in [0.15, 0.2) is 0 Å². The Morgan fingerprint density at radius 1 is 1.27 bits per heavy atom. The van der Waals surface area contributed by atoms with Crippen molar-refractivity contribution < 1.29 is 0 Å². The van der Waals surface area contributed by atoms with Crippen molar-refractivity contribution in [2.24, 2.45) is 0 Å². The first-order chi connectivity index (χ1) is 7.25. The van der Waals surface area contributed by atoms with Crippen molar-refractivity contribution in [3.05, 3.63) is 35.9 Å². The molecule has 5 heteroatoms. The van der Waals surface area contributed by atoms with E-state index in [4.69, 9.17) is 11.6 Å². The third kappa shape index (κ3) is 2.41. The Balaban J connectivity index is 2.26. The number of nitrogens with zero attached hydrogens (tertiary/aromatic N) is 3. The molecule has 1 heterocycles. The molecule has 1 aromatic heterocycles. The molecule has 0 bridgehead atoms. The van der Waals surface area contributed by atoms with Crippen LogP contribution in [0.3, 0.4) is 0 Å². The lowest BCUT2D eigenvalue weighted by molar-refractivity contribution is 1.01. The van der Waals surface area contributed by atoms with Gasteiger partial charge in [-0.05, 0) is 12.1 Å². The molecule has 4 nitrogen and oxygen atoms in total. The molecule has 0 amide bonds. The van der Waals surface area contributed by atoms with Gasteiger partial charge in [-0.1, -0.05) is 30.3 Å². The van der Waals surface area contributed by atoms with Gasteiger partial charge in [-0.15, -0.1) is 10.2 Å². The fourth-order valence-corrected chi connectivity index (χ4v) is 1.20. The zero-order valence-corrected chi connectivity index (χ0v) is 8.70. The Kier molecular flexibility index (Phi) is 2.78. The first-order valence-corrected chi connectivity index (χ1v) is 4.80. The zero-order valence-electron chi connectivity index (χ0n) is 7.94. The van der Waals surface area contributed by atoms with E-state index in [0.717, 1.165) is 11.0 Å². The van der Waals surface area contributed by atoms with Crippen LogP contribution in [-0.2, 0) is 0 Å². The van der Waals surface area contributed by atoms with Crippen LogP contribution >= 0.6 is 11.6 Å². The second-order valence-corrected chi connectivity index (χ2v) is 3.53. The maximum absolute atomic E-state index is 5.61. The number of anilines is 1. The number of para-hydroxylation sites is 1. The molecule has 0 aliphatic heterocycles. The van der Waals surface area contributed by atoms with E-state index in [9.17, 15) is 0 Å². The Morgan fingerprint density at radius 3 is 2.73 bits per heavy atom. The molecule has 0 unspecified atom stereocenters. The zero-order chi connectivity index (χ0) is 10.7. The molecule has 2 aromatic rings. The first-order valence-electron chi connectivity index (χ1n) is 4.42. The molecule has 0 saturated heterocycles. The second-order valence-electron chi connectivity index (χ2n) is 2.99. The van der Waals surface area contributed by atoms with E-state index in [1.54, 1.807) is 0 Å². The minimum absolute atomic E-state index is 0.432. The molecule has 0 saturated carbocycles. The topological polar surface area (TPSA) is 50.7 Å². The SMILES string of the molecule is C=C(Cl)CNc1nnc2ccccc2n1. The number of rotatable bonds is 3. The Morgan fingerprint density at radius 2 is 2.00 bits per heavy atom. The highest BCUT2D eigenvalue weighted by Crippen LogP contribution is 2.09. The number of hydrogen-bond donors (Lipinski definition) is 1. The summed E-state index contributed by atoms with van der Waals surface area (Å²) in [4.78, 5) is 4.26. The van der Waals surface area contributed by atoms with Crippen molar-refractivity contribution in [1.82, 2.24) is 15.2 Å². The van der Waals surface area contributed by atoms with Crippen LogP contribution in [-0.4, -0.2) is 21.7 Å². The van der Waals surface area contributed by atoms with Gasteiger partial charge in [0.05, 0.1) is 12.1 Å². The van der Waals surface area contributed by atoms with Gasteiger partial charge < -0.3 is 5.32 Å². The fourth-order valence-electron chi connectivity index (χ4n) is 1.13. The van der Waals surface area contributed by atoms with Crippen LogP contribution in [0.2, 0.25) is 0 Å². The van der Waals surface area contributed by atoms with Crippen LogP contribution in [0.5, 0.6) is 0 Å². The Bertz CT molecular complexity index is 498. The van der Waals surface area contributed by atoms with Crippen LogP contribution in [0.25, 0.3) is 11.0 Å². The predicted octanol–water partition coefficient (Wildman–Crippen LogP) is 2.19. The highest BCUT2D eigenvalue weighted by Gasteiger charge is 1.99. The fraction of sp³-hybridized carbons (Fsp3) is 0.100. The maximum atomic E-state index is 5.61. The number of nitrogens with one attached hydrogen (secondary N) is 1. The molecule has 1 N–H and O–H groups in total. The molecular weight excluding hydrogens is 212 g/mol. The molecule has 1 aromatic carbocycles. The van der Waals surface area contributed by atoms with Crippen LogP contribution < -0.4 is 5.32 Å². The van der Waals surface area contributed by atoms with Crippen LogP contribution in [0.1, 0.15) is 0 Å². The monoisotopic (exact) mass is 220 g/mol. The second kappa shape index (κ2) is 4.23. The van der Waals surface area contributed by atoms with E-state index in [0.29, 0.717) is 17.5 Å². The predicted molar refractivity (Wildman–Crippen MR) is 60.8 cm³/mol. The van der Waals surface area contributed by atoms with E-state index >= 15 is 0 Å². The minimum Gasteiger partial charge on any atom is -0.348 e. The Hall–Kier alpha value is -1.68. The lowest BCUT2D eigenvalue weighted by Crippen LogP contribution is -2.06. The average molecular weight is 221 g/mol. The lowest BCUT2D eigenvalue weighted by Gasteiger charge is -2.02.